The number of rotatable bonds is 4. The second-order valence-corrected chi connectivity index (χ2v) is 7.30. The number of hydrogen-bond acceptors (Lipinski definition) is 2. The van der Waals surface area contributed by atoms with Crippen molar-refractivity contribution in [1.82, 2.24) is 0 Å². The van der Waals surface area contributed by atoms with Crippen LogP contribution in [0.1, 0.15) is 24.5 Å². The summed E-state index contributed by atoms with van der Waals surface area (Å²) in [5, 5.41) is 3.92. The summed E-state index contributed by atoms with van der Waals surface area (Å²) in [7, 11) is 0. The molecule has 0 radical (unpaired) electrons. The van der Waals surface area contributed by atoms with Crippen LogP contribution >= 0.6 is 23.2 Å². The molecule has 0 aliphatic carbocycles. The Morgan fingerprint density at radius 1 is 1.27 bits per heavy atom. The molecule has 1 aliphatic rings. The number of hydrogen-bond donors (Lipinski definition) is 1. The molecule has 2 aromatic carbocycles. The van der Waals surface area contributed by atoms with E-state index in [1.807, 2.05) is 32.0 Å². The molecular weight excluding hydrogens is 371 g/mol. The molecule has 1 unspecified atom stereocenters. The number of benzene rings is 2. The van der Waals surface area contributed by atoms with E-state index in [-0.39, 0.29) is 18.2 Å². The number of carbonyl (C=O) groups is 2. The predicted molar refractivity (Wildman–Crippen MR) is 106 cm³/mol. The van der Waals surface area contributed by atoms with Gasteiger partial charge in [0.2, 0.25) is 11.8 Å². The van der Waals surface area contributed by atoms with E-state index in [9.17, 15) is 9.59 Å². The normalized spacial score (nSPS) is 16.8. The summed E-state index contributed by atoms with van der Waals surface area (Å²) in [6, 6.07) is 10.9. The predicted octanol–water partition coefficient (Wildman–Crippen LogP) is 4.86. The third-order valence-corrected chi connectivity index (χ3v) is 5.22. The Labute approximate surface area is 163 Å². The minimum Gasteiger partial charge on any atom is -0.325 e. The largest absolute Gasteiger partial charge is 0.325 e. The summed E-state index contributed by atoms with van der Waals surface area (Å²) >= 11 is 12.1. The number of nitrogens with zero attached hydrogens (tertiary/aromatic N) is 1. The van der Waals surface area contributed by atoms with Crippen molar-refractivity contribution in [3.8, 4) is 0 Å². The third-order valence-electron chi connectivity index (χ3n) is 4.68. The standard InChI is InChI=1S/C20H20Cl2N2O2/c1-3-13-6-4-5-12(2)19(13)23-20(26)14-9-18(25)24(11-14)17-8-7-15(21)10-16(17)22/h4-8,10,14H,3,9,11H2,1-2H3,(H,23,26). The monoisotopic (exact) mass is 390 g/mol. The molecule has 4 nitrogen and oxygen atoms in total. The molecule has 2 aromatic rings. The van der Waals surface area contributed by atoms with Crippen molar-refractivity contribution in [2.75, 3.05) is 16.8 Å². The maximum absolute atomic E-state index is 12.8. The molecule has 6 heteroatoms. The Balaban J connectivity index is 1.77. The Bertz CT molecular complexity index is 867. The number of amides is 2. The highest BCUT2D eigenvalue weighted by Gasteiger charge is 2.36. The number of aryl methyl sites for hydroxylation is 2. The molecule has 0 bridgehead atoms. The van der Waals surface area contributed by atoms with E-state index in [0.717, 1.165) is 23.2 Å². The quantitative estimate of drug-likeness (QED) is 0.810. The van der Waals surface area contributed by atoms with E-state index >= 15 is 0 Å². The van der Waals surface area contributed by atoms with Crippen LogP contribution in [0, 0.1) is 12.8 Å². The molecule has 1 atom stereocenters. The van der Waals surface area contributed by atoms with Crippen molar-refractivity contribution in [2.24, 2.45) is 5.92 Å². The van der Waals surface area contributed by atoms with E-state index in [1.54, 1.807) is 23.1 Å². The summed E-state index contributed by atoms with van der Waals surface area (Å²) in [5.41, 5.74) is 3.52. The van der Waals surface area contributed by atoms with Crippen molar-refractivity contribution < 1.29 is 9.59 Å². The molecule has 1 fully saturated rings. The summed E-state index contributed by atoms with van der Waals surface area (Å²) in [6.07, 6.45) is 0.992. The molecule has 1 N–H and O–H groups in total. The van der Waals surface area contributed by atoms with E-state index in [1.165, 1.54) is 0 Å². The minimum absolute atomic E-state index is 0.116. The molecule has 1 aliphatic heterocycles. The zero-order valence-electron chi connectivity index (χ0n) is 14.7. The Morgan fingerprint density at radius 2 is 2.04 bits per heavy atom. The van der Waals surface area contributed by atoms with Gasteiger partial charge in [0.1, 0.15) is 0 Å². The number of nitrogens with one attached hydrogen (secondary N) is 1. The van der Waals surface area contributed by atoms with E-state index < -0.39 is 5.92 Å². The molecule has 0 spiro atoms. The SMILES string of the molecule is CCc1cccc(C)c1NC(=O)C1CC(=O)N(c2ccc(Cl)cc2Cl)C1. The van der Waals surface area contributed by atoms with Gasteiger partial charge in [-0.25, -0.2) is 0 Å². The van der Waals surface area contributed by atoms with Gasteiger partial charge in [-0.3, -0.25) is 9.59 Å². The fraction of sp³-hybridized carbons (Fsp3) is 0.300. The summed E-state index contributed by atoms with van der Waals surface area (Å²) < 4.78 is 0. The highest BCUT2D eigenvalue weighted by molar-refractivity contribution is 6.36. The van der Waals surface area contributed by atoms with Crippen molar-refractivity contribution in [1.29, 1.82) is 0 Å². The van der Waals surface area contributed by atoms with Crippen molar-refractivity contribution in [2.45, 2.75) is 26.7 Å². The van der Waals surface area contributed by atoms with Gasteiger partial charge in [-0.05, 0) is 42.7 Å². The van der Waals surface area contributed by atoms with Crippen LogP contribution in [0.3, 0.4) is 0 Å². The number of carbonyl (C=O) groups excluding carboxylic acids is 2. The van der Waals surface area contributed by atoms with Gasteiger partial charge < -0.3 is 10.2 Å². The zero-order valence-corrected chi connectivity index (χ0v) is 16.2. The lowest BCUT2D eigenvalue weighted by Crippen LogP contribution is -2.28. The van der Waals surface area contributed by atoms with Crippen LogP contribution in [0.5, 0.6) is 0 Å². The molecule has 1 saturated heterocycles. The van der Waals surface area contributed by atoms with Gasteiger partial charge in [-0.1, -0.05) is 48.3 Å². The topological polar surface area (TPSA) is 49.4 Å². The Hall–Kier alpha value is -2.04. The second kappa shape index (κ2) is 7.68. The zero-order chi connectivity index (χ0) is 18.8. The molecule has 0 aromatic heterocycles. The molecule has 1 heterocycles. The summed E-state index contributed by atoms with van der Waals surface area (Å²) in [6.45, 7) is 4.32. The molecule has 0 saturated carbocycles. The fourth-order valence-electron chi connectivity index (χ4n) is 3.24. The maximum atomic E-state index is 12.8. The highest BCUT2D eigenvalue weighted by Crippen LogP contribution is 2.33. The molecule has 3 rings (SSSR count). The van der Waals surface area contributed by atoms with Crippen molar-refractivity contribution >= 4 is 46.4 Å². The lowest BCUT2D eigenvalue weighted by molar-refractivity contribution is -0.122. The lowest BCUT2D eigenvalue weighted by Gasteiger charge is -2.19. The first kappa shape index (κ1) is 18.7. The maximum Gasteiger partial charge on any atom is 0.229 e. The summed E-state index contributed by atoms with van der Waals surface area (Å²) in [4.78, 5) is 26.7. The first-order valence-corrected chi connectivity index (χ1v) is 9.31. The van der Waals surface area contributed by atoms with Gasteiger partial charge in [-0.15, -0.1) is 0 Å². The first-order chi connectivity index (χ1) is 12.4. The second-order valence-electron chi connectivity index (χ2n) is 6.45. The lowest BCUT2D eigenvalue weighted by atomic mass is 10.0. The Kier molecular flexibility index (Phi) is 5.54. The van der Waals surface area contributed by atoms with Crippen LogP contribution in [0.15, 0.2) is 36.4 Å². The number of para-hydroxylation sites is 1. The van der Waals surface area contributed by atoms with Crippen LogP contribution in [0.25, 0.3) is 0 Å². The average Bonchev–Trinajstić information content (AvgIpc) is 2.98. The van der Waals surface area contributed by atoms with Gasteiger partial charge in [0, 0.05) is 23.7 Å². The van der Waals surface area contributed by atoms with Crippen LogP contribution in [-0.4, -0.2) is 18.4 Å². The number of anilines is 2. The van der Waals surface area contributed by atoms with E-state index in [0.29, 0.717) is 22.3 Å². The van der Waals surface area contributed by atoms with Crippen LogP contribution in [-0.2, 0) is 16.0 Å². The van der Waals surface area contributed by atoms with E-state index in [2.05, 4.69) is 5.32 Å². The molecular formula is C20H20Cl2N2O2. The van der Waals surface area contributed by atoms with Gasteiger partial charge in [0.05, 0.1) is 16.6 Å². The number of halogens is 2. The summed E-state index contributed by atoms with van der Waals surface area (Å²) in [5.74, 6) is -0.677. The fourth-order valence-corrected chi connectivity index (χ4v) is 3.75. The van der Waals surface area contributed by atoms with Crippen LogP contribution < -0.4 is 10.2 Å². The van der Waals surface area contributed by atoms with E-state index in [4.69, 9.17) is 23.2 Å². The molecule has 26 heavy (non-hydrogen) atoms. The van der Waals surface area contributed by atoms with Crippen LogP contribution in [0.4, 0.5) is 11.4 Å². The smallest absolute Gasteiger partial charge is 0.229 e. The van der Waals surface area contributed by atoms with Gasteiger partial charge in [0.25, 0.3) is 0 Å². The third kappa shape index (κ3) is 3.71. The van der Waals surface area contributed by atoms with Gasteiger partial charge in [-0.2, -0.15) is 0 Å². The highest BCUT2D eigenvalue weighted by atomic mass is 35.5. The molecule has 2 amide bonds. The molecule has 136 valence electrons. The Morgan fingerprint density at radius 3 is 2.73 bits per heavy atom. The average molecular weight is 391 g/mol. The van der Waals surface area contributed by atoms with Crippen LogP contribution in [0.2, 0.25) is 10.0 Å². The van der Waals surface area contributed by atoms with Crippen molar-refractivity contribution in [3.63, 3.8) is 0 Å². The minimum atomic E-state index is -0.418. The first-order valence-electron chi connectivity index (χ1n) is 8.55. The van der Waals surface area contributed by atoms with Gasteiger partial charge >= 0.3 is 0 Å². The van der Waals surface area contributed by atoms with Gasteiger partial charge in [0.15, 0.2) is 0 Å². The van der Waals surface area contributed by atoms with Crippen molar-refractivity contribution in [3.05, 3.63) is 57.6 Å².